The van der Waals surface area contributed by atoms with Crippen molar-refractivity contribution in [3.63, 3.8) is 0 Å². The molecule has 0 unspecified atom stereocenters. The number of aromatic nitrogens is 2. The number of halogens is 1. The summed E-state index contributed by atoms with van der Waals surface area (Å²) in [5, 5.41) is 1.67. The van der Waals surface area contributed by atoms with Crippen LogP contribution < -0.4 is 0 Å². The van der Waals surface area contributed by atoms with Crippen LogP contribution in [0.1, 0.15) is 10.4 Å². The number of carbonyl (C=O) groups is 1. The highest BCUT2D eigenvalue weighted by atomic mass is 35.5. The van der Waals surface area contributed by atoms with Crippen molar-refractivity contribution in [2.75, 3.05) is 0 Å². The molecule has 0 spiro atoms. The first-order chi connectivity index (χ1) is 8.75. The van der Waals surface area contributed by atoms with Crippen LogP contribution in [-0.4, -0.2) is 14.8 Å². The molecule has 1 aromatic carbocycles. The Hall–Kier alpha value is -2.13. The van der Waals surface area contributed by atoms with Crippen molar-refractivity contribution in [1.82, 2.24) is 9.55 Å². The summed E-state index contributed by atoms with van der Waals surface area (Å²) in [6.45, 7) is 0. The summed E-state index contributed by atoms with van der Waals surface area (Å²) in [7, 11) is 0. The molecule has 4 heteroatoms. The second-order valence-electron chi connectivity index (χ2n) is 3.94. The van der Waals surface area contributed by atoms with Gasteiger partial charge in [0, 0.05) is 24.0 Å². The summed E-state index contributed by atoms with van der Waals surface area (Å²) < 4.78 is 1.80. The number of nitrogens with zero attached hydrogens (tertiary/aromatic N) is 2. The van der Waals surface area contributed by atoms with Crippen LogP contribution >= 0.6 is 11.6 Å². The zero-order valence-electron chi connectivity index (χ0n) is 9.38. The average molecular weight is 257 g/mol. The van der Waals surface area contributed by atoms with E-state index in [-0.39, 0.29) is 0 Å². The molecule has 0 N–H and O–H groups in total. The lowest BCUT2D eigenvalue weighted by molar-refractivity contribution is 0.108. The minimum atomic E-state index is -0.464. The van der Waals surface area contributed by atoms with Gasteiger partial charge >= 0.3 is 0 Å². The number of carbonyl (C=O) groups excluding carboxylic acids is 1. The number of rotatable bonds is 2. The first-order valence-corrected chi connectivity index (χ1v) is 5.85. The van der Waals surface area contributed by atoms with Crippen molar-refractivity contribution in [1.29, 1.82) is 0 Å². The Labute approximate surface area is 109 Å². The smallest absolute Gasteiger partial charge is 0.253 e. The van der Waals surface area contributed by atoms with E-state index in [1.807, 2.05) is 30.3 Å². The SMILES string of the molecule is O=C(Cl)c1ccn(-c2nccc3ccccc23)c1. The minimum absolute atomic E-state index is 0.464. The lowest BCUT2D eigenvalue weighted by atomic mass is 10.1. The van der Waals surface area contributed by atoms with Crippen molar-refractivity contribution < 1.29 is 4.79 Å². The molecule has 3 aromatic rings. The first kappa shape index (κ1) is 11.0. The molecule has 18 heavy (non-hydrogen) atoms. The van der Waals surface area contributed by atoms with E-state index in [0.29, 0.717) is 5.56 Å². The fourth-order valence-electron chi connectivity index (χ4n) is 1.95. The number of pyridine rings is 1. The Balaban J connectivity index is 2.21. The molecule has 3 rings (SSSR count). The van der Waals surface area contributed by atoms with Crippen molar-refractivity contribution in [2.24, 2.45) is 0 Å². The normalized spacial score (nSPS) is 10.7. The third-order valence-electron chi connectivity index (χ3n) is 2.82. The second kappa shape index (κ2) is 4.27. The predicted octanol–water partition coefficient (Wildman–Crippen LogP) is 3.40. The van der Waals surface area contributed by atoms with Crippen molar-refractivity contribution in [3.8, 4) is 5.82 Å². The highest BCUT2D eigenvalue weighted by Crippen LogP contribution is 2.20. The van der Waals surface area contributed by atoms with Crippen molar-refractivity contribution in [3.05, 3.63) is 60.6 Å². The van der Waals surface area contributed by atoms with Crippen LogP contribution in [-0.2, 0) is 0 Å². The standard InChI is InChI=1S/C14H9ClN2O/c15-13(18)11-6-8-17(9-11)14-12-4-2-1-3-10(12)5-7-16-14/h1-9H. The van der Waals surface area contributed by atoms with Gasteiger partial charge < -0.3 is 4.57 Å². The molecule has 0 saturated heterocycles. The quantitative estimate of drug-likeness (QED) is 0.659. The highest BCUT2D eigenvalue weighted by Gasteiger charge is 2.07. The van der Waals surface area contributed by atoms with Crippen LogP contribution in [0.3, 0.4) is 0 Å². The summed E-state index contributed by atoms with van der Waals surface area (Å²) in [5.74, 6) is 0.789. The molecule has 0 fully saturated rings. The van der Waals surface area contributed by atoms with Crippen molar-refractivity contribution in [2.45, 2.75) is 0 Å². The molecule has 0 amide bonds. The fraction of sp³-hybridized carbons (Fsp3) is 0. The van der Waals surface area contributed by atoms with Crippen LogP contribution in [0, 0.1) is 0 Å². The molecule has 0 radical (unpaired) electrons. The largest absolute Gasteiger partial charge is 0.307 e. The van der Waals surface area contributed by atoms with E-state index in [1.54, 1.807) is 29.2 Å². The molecular formula is C14H9ClN2O. The molecule has 0 atom stereocenters. The van der Waals surface area contributed by atoms with Gasteiger partial charge in [-0.15, -0.1) is 0 Å². The van der Waals surface area contributed by atoms with E-state index in [0.717, 1.165) is 16.6 Å². The van der Waals surface area contributed by atoms with Gasteiger partial charge in [-0.3, -0.25) is 4.79 Å². The average Bonchev–Trinajstić information content (AvgIpc) is 2.87. The third kappa shape index (κ3) is 1.79. The summed E-state index contributed by atoms with van der Waals surface area (Å²) >= 11 is 5.45. The Morgan fingerprint density at radius 1 is 1.17 bits per heavy atom. The first-order valence-electron chi connectivity index (χ1n) is 5.47. The second-order valence-corrected chi connectivity index (χ2v) is 4.28. The maximum Gasteiger partial charge on any atom is 0.253 e. The summed E-state index contributed by atoms with van der Waals surface area (Å²) in [5.41, 5.74) is 0.464. The van der Waals surface area contributed by atoms with Gasteiger partial charge in [-0.05, 0) is 29.1 Å². The minimum Gasteiger partial charge on any atom is -0.307 e. The Morgan fingerprint density at radius 3 is 2.78 bits per heavy atom. The molecule has 2 aromatic heterocycles. The molecule has 0 bridgehead atoms. The molecule has 0 aliphatic carbocycles. The maximum atomic E-state index is 11.1. The number of hydrogen-bond donors (Lipinski definition) is 0. The van der Waals surface area contributed by atoms with E-state index in [1.165, 1.54) is 0 Å². The van der Waals surface area contributed by atoms with Crippen LogP contribution in [0.4, 0.5) is 0 Å². The van der Waals surface area contributed by atoms with Crippen LogP contribution in [0.2, 0.25) is 0 Å². The molecule has 88 valence electrons. The summed E-state index contributed by atoms with van der Waals surface area (Å²) in [6, 6.07) is 11.6. The van der Waals surface area contributed by atoms with E-state index in [4.69, 9.17) is 11.6 Å². The number of fused-ring (bicyclic) bond motifs is 1. The number of hydrogen-bond acceptors (Lipinski definition) is 2. The van der Waals surface area contributed by atoms with Gasteiger partial charge in [0.25, 0.3) is 5.24 Å². The molecule has 3 nitrogen and oxygen atoms in total. The van der Waals surface area contributed by atoms with E-state index >= 15 is 0 Å². The van der Waals surface area contributed by atoms with Crippen LogP contribution in [0.15, 0.2) is 55.0 Å². The lowest BCUT2D eigenvalue weighted by Crippen LogP contribution is -1.95. The molecule has 0 aliphatic heterocycles. The van der Waals surface area contributed by atoms with Gasteiger partial charge in [0.15, 0.2) is 0 Å². The molecule has 0 saturated carbocycles. The van der Waals surface area contributed by atoms with E-state index in [2.05, 4.69) is 4.98 Å². The zero-order valence-corrected chi connectivity index (χ0v) is 10.1. The molecule has 2 heterocycles. The van der Waals surface area contributed by atoms with Crippen molar-refractivity contribution >= 4 is 27.6 Å². The Bertz CT molecular complexity index is 728. The van der Waals surface area contributed by atoms with E-state index in [9.17, 15) is 4.79 Å². The van der Waals surface area contributed by atoms with E-state index < -0.39 is 5.24 Å². The molecule has 0 aliphatic rings. The summed E-state index contributed by atoms with van der Waals surface area (Å²) in [6.07, 6.45) is 5.22. The van der Waals surface area contributed by atoms with Crippen LogP contribution in [0.5, 0.6) is 0 Å². The van der Waals surface area contributed by atoms with Gasteiger partial charge in [0.2, 0.25) is 0 Å². The lowest BCUT2D eigenvalue weighted by Gasteiger charge is -2.05. The van der Waals surface area contributed by atoms with Crippen LogP contribution in [0.25, 0.3) is 16.6 Å². The van der Waals surface area contributed by atoms with Gasteiger partial charge in [-0.25, -0.2) is 4.98 Å². The monoisotopic (exact) mass is 256 g/mol. The summed E-state index contributed by atoms with van der Waals surface area (Å²) in [4.78, 5) is 15.4. The van der Waals surface area contributed by atoms with Gasteiger partial charge in [-0.1, -0.05) is 24.3 Å². The number of benzene rings is 1. The zero-order chi connectivity index (χ0) is 12.5. The third-order valence-corrected chi connectivity index (χ3v) is 3.04. The Morgan fingerprint density at radius 2 is 2.00 bits per heavy atom. The van der Waals surface area contributed by atoms with Gasteiger partial charge in [0.1, 0.15) is 5.82 Å². The van der Waals surface area contributed by atoms with Gasteiger partial charge in [-0.2, -0.15) is 0 Å². The topological polar surface area (TPSA) is 34.9 Å². The molecular weight excluding hydrogens is 248 g/mol. The maximum absolute atomic E-state index is 11.1. The fourth-order valence-corrected chi connectivity index (χ4v) is 2.07. The predicted molar refractivity (Wildman–Crippen MR) is 71.3 cm³/mol. The van der Waals surface area contributed by atoms with Gasteiger partial charge in [0.05, 0.1) is 5.56 Å². The Kier molecular flexibility index (Phi) is 2.61. The highest BCUT2D eigenvalue weighted by molar-refractivity contribution is 6.67.